The van der Waals surface area contributed by atoms with E-state index in [2.05, 4.69) is 16.8 Å². The topological polar surface area (TPSA) is 42.2 Å². The third kappa shape index (κ3) is 1.90. The number of thiazole rings is 1. The molecule has 13 heavy (non-hydrogen) atoms. The summed E-state index contributed by atoms with van der Waals surface area (Å²) in [6.45, 7) is 4.33. The van der Waals surface area contributed by atoms with Gasteiger partial charge in [-0.1, -0.05) is 0 Å². The average molecular weight is 197 g/mol. The molecule has 4 heteroatoms. The Kier molecular flexibility index (Phi) is 2.62. The largest absolute Gasteiger partial charge is 0.326 e. The zero-order valence-electron chi connectivity index (χ0n) is 7.81. The number of hydrogen-bond acceptors (Lipinski definition) is 4. The van der Waals surface area contributed by atoms with Gasteiger partial charge in [0.05, 0.1) is 6.04 Å². The lowest BCUT2D eigenvalue weighted by molar-refractivity contribution is 0.259. The minimum Gasteiger partial charge on any atom is -0.326 e. The van der Waals surface area contributed by atoms with Crippen molar-refractivity contribution >= 4 is 11.3 Å². The van der Waals surface area contributed by atoms with Crippen molar-refractivity contribution in [2.24, 2.45) is 5.73 Å². The molecule has 1 saturated heterocycles. The van der Waals surface area contributed by atoms with E-state index in [0.29, 0.717) is 12.1 Å². The van der Waals surface area contributed by atoms with E-state index in [1.807, 2.05) is 11.6 Å². The minimum absolute atomic E-state index is 0.363. The highest BCUT2D eigenvalue weighted by Gasteiger charge is 2.25. The first-order chi connectivity index (χ1) is 6.27. The molecule has 2 unspecified atom stereocenters. The number of likely N-dealkylation sites (tertiary alicyclic amines) is 1. The number of nitrogens with two attached hydrogens (primary N) is 1. The first-order valence-electron chi connectivity index (χ1n) is 4.66. The molecule has 2 heterocycles. The molecule has 2 atom stereocenters. The van der Waals surface area contributed by atoms with Gasteiger partial charge >= 0.3 is 0 Å². The Balaban J connectivity index is 2.02. The van der Waals surface area contributed by atoms with E-state index in [1.54, 1.807) is 11.3 Å². The van der Waals surface area contributed by atoms with Crippen molar-refractivity contribution in [2.75, 3.05) is 13.1 Å². The van der Waals surface area contributed by atoms with E-state index >= 15 is 0 Å². The Bertz CT molecular complexity index is 260. The van der Waals surface area contributed by atoms with E-state index in [0.717, 1.165) is 19.5 Å². The summed E-state index contributed by atoms with van der Waals surface area (Å²) in [6, 6.07) is 0.802. The second-order valence-corrected chi connectivity index (χ2v) is 4.52. The molecule has 0 aromatic carbocycles. The highest BCUT2D eigenvalue weighted by molar-refractivity contribution is 7.09. The maximum atomic E-state index is 5.86. The van der Waals surface area contributed by atoms with Crippen LogP contribution >= 0.6 is 11.3 Å². The average Bonchev–Trinajstić information content (AvgIpc) is 2.72. The van der Waals surface area contributed by atoms with Crippen LogP contribution in [-0.4, -0.2) is 29.0 Å². The van der Waals surface area contributed by atoms with Gasteiger partial charge < -0.3 is 5.73 Å². The van der Waals surface area contributed by atoms with Crippen molar-refractivity contribution in [1.82, 2.24) is 9.88 Å². The van der Waals surface area contributed by atoms with Gasteiger partial charge in [-0.05, 0) is 13.3 Å². The molecule has 0 aliphatic carbocycles. The number of rotatable bonds is 2. The van der Waals surface area contributed by atoms with Crippen LogP contribution in [0.2, 0.25) is 0 Å². The molecule has 3 nitrogen and oxygen atoms in total. The van der Waals surface area contributed by atoms with Crippen molar-refractivity contribution in [1.29, 1.82) is 0 Å². The summed E-state index contributed by atoms with van der Waals surface area (Å²) in [4.78, 5) is 6.73. The molecule has 0 bridgehead atoms. The van der Waals surface area contributed by atoms with E-state index < -0.39 is 0 Å². The molecule has 2 rings (SSSR count). The van der Waals surface area contributed by atoms with E-state index in [1.165, 1.54) is 5.01 Å². The molecule has 0 spiro atoms. The lowest BCUT2D eigenvalue weighted by Crippen LogP contribution is -2.28. The first kappa shape index (κ1) is 9.12. The fourth-order valence-electron chi connectivity index (χ4n) is 1.76. The zero-order valence-corrected chi connectivity index (χ0v) is 8.63. The number of nitrogens with zero attached hydrogens (tertiary/aromatic N) is 2. The van der Waals surface area contributed by atoms with Gasteiger partial charge in [-0.3, -0.25) is 4.90 Å². The fourth-order valence-corrected chi connectivity index (χ4v) is 2.49. The van der Waals surface area contributed by atoms with Crippen molar-refractivity contribution in [2.45, 2.75) is 25.4 Å². The molecule has 0 saturated carbocycles. The van der Waals surface area contributed by atoms with E-state index in [9.17, 15) is 0 Å². The van der Waals surface area contributed by atoms with Crippen molar-refractivity contribution in [3.63, 3.8) is 0 Å². The van der Waals surface area contributed by atoms with Crippen LogP contribution in [0.3, 0.4) is 0 Å². The van der Waals surface area contributed by atoms with Gasteiger partial charge in [0.25, 0.3) is 0 Å². The maximum absolute atomic E-state index is 5.86. The summed E-state index contributed by atoms with van der Waals surface area (Å²) in [5.74, 6) is 0. The van der Waals surface area contributed by atoms with Gasteiger partial charge in [-0.25, -0.2) is 4.98 Å². The quantitative estimate of drug-likeness (QED) is 0.775. The summed E-state index contributed by atoms with van der Waals surface area (Å²) < 4.78 is 0. The van der Waals surface area contributed by atoms with Crippen LogP contribution in [0.15, 0.2) is 11.6 Å². The molecule has 1 fully saturated rings. The minimum atomic E-state index is 0.363. The monoisotopic (exact) mass is 197 g/mol. The number of aromatic nitrogens is 1. The zero-order chi connectivity index (χ0) is 9.26. The summed E-state index contributed by atoms with van der Waals surface area (Å²) in [7, 11) is 0. The highest BCUT2D eigenvalue weighted by atomic mass is 32.1. The van der Waals surface area contributed by atoms with Crippen molar-refractivity contribution < 1.29 is 0 Å². The Morgan fingerprint density at radius 2 is 2.62 bits per heavy atom. The molecule has 1 aromatic rings. The molecule has 1 aliphatic heterocycles. The Labute approximate surface area is 82.6 Å². The number of hydrogen-bond donors (Lipinski definition) is 1. The lowest BCUT2D eigenvalue weighted by Gasteiger charge is -2.21. The van der Waals surface area contributed by atoms with Crippen molar-refractivity contribution in [3.8, 4) is 0 Å². The predicted molar refractivity (Wildman–Crippen MR) is 54.7 cm³/mol. The third-order valence-electron chi connectivity index (χ3n) is 2.61. The Morgan fingerprint density at radius 1 is 1.77 bits per heavy atom. The molecule has 2 N–H and O–H groups in total. The standard InChI is InChI=1S/C9H15N3S/c1-7(9-11-3-5-13-9)12-4-2-8(10)6-12/h3,5,7-8H,2,4,6,10H2,1H3. The smallest absolute Gasteiger partial charge is 0.109 e. The summed E-state index contributed by atoms with van der Waals surface area (Å²) in [6.07, 6.45) is 2.99. The normalized spacial score (nSPS) is 26.5. The third-order valence-corrected chi connectivity index (χ3v) is 3.56. The molecular formula is C9H15N3S. The SMILES string of the molecule is CC(c1nccs1)N1CCC(N)C1. The van der Waals surface area contributed by atoms with E-state index in [4.69, 9.17) is 5.73 Å². The van der Waals surface area contributed by atoms with Crippen molar-refractivity contribution in [3.05, 3.63) is 16.6 Å². The predicted octanol–water partition coefficient (Wildman–Crippen LogP) is 1.24. The van der Waals surface area contributed by atoms with Crippen LogP contribution in [0.1, 0.15) is 24.4 Å². The van der Waals surface area contributed by atoms with Gasteiger partial charge in [0, 0.05) is 30.7 Å². The van der Waals surface area contributed by atoms with Crippen LogP contribution < -0.4 is 5.73 Å². The maximum Gasteiger partial charge on any atom is 0.109 e. The second kappa shape index (κ2) is 3.74. The summed E-state index contributed by atoms with van der Waals surface area (Å²) in [5, 5.41) is 3.23. The molecule has 0 amide bonds. The highest BCUT2D eigenvalue weighted by Crippen LogP contribution is 2.25. The van der Waals surface area contributed by atoms with Gasteiger partial charge in [0.2, 0.25) is 0 Å². The molecule has 1 aliphatic rings. The Hall–Kier alpha value is -0.450. The first-order valence-corrected chi connectivity index (χ1v) is 5.54. The molecule has 72 valence electrons. The molecular weight excluding hydrogens is 182 g/mol. The van der Waals surface area contributed by atoms with Gasteiger partial charge in [0.15, 0.2) is 0 Å². The summed E-state index contributed by atoms with van der Waals surface area (Å²) >= 11 is 1.73. The second-order valence-electron chi connectivity index (χ2n) is 3.59. The Morgan fingerprint density at radius 3 is 3.15 bits per heavy atom. The molecule has 1 aromatic heterocycles. The van der Waals surface area contributed by atoms with Crippen LogP contribution in [0, 0.1) is 0 Å². The molecule has 0 radical (unpaired) electrons. The van der Waals surface area contributed by atoms with Gasteiger partial charge in [-0.2, -0.15) is 0 Å². The van der Waals surface area contributed by atoms with E-state index in [-0.39, 0.29) is 0 Å². The summed E-state index contributed by atoms with van der Waals surface area (Å²) in [5.41, 5.74) is 5.86. The van der Waals surface area contributed by atoms with Crippen LogP contribution in [-0.2, 0) is 0 Å². The fraction of sp³-hybridized carbons (Fsp3) is 0.667. The van der Waals surface area contributed by atoms with Crippen LogP contribution in [0.4, 0.5) is 0 Å². The van der Waals surface area contributed by atoms with Crippen LogP contribution in [0.5, 0.6) is 0 Å². The lowest BCUT2D eigenvalue weighted by atomic mass is 10.3. The van der Waals surface area contributed by atoms with Crippen LogP contribution in [0.25, 0.3) is 0 Å². The van der Waals surface area contributed by atoms with Gasteiger partial charge in [-0.15, -0.1) is 11.3 Å². The van der Waals surface area contributed by atoms with Gasteiger partial charge in [0.1, 0.15) is 5.01 Å².